The van der Waals surface area contributed by atoms with Crippen LogP contribution in [0.3, 0.4) is 0 Å². The van der Waals surface area contributed by atoms with Crippen molar-refractivity contribution in [2.45, 2.75) is 12.5 Å². The fraction of sp³-hybridized carbons (Fsp3) is 0.417. The van der Waals surface area contributed by atoms with Gasteiger partial charge in [0, 0.05) is 24.7 Å². The minimum atomic E-state index is -3.28. The molecule has 19 heavy (non-hydrogen) atoms. The summed E-state index contributed by atoms with van der Waals surface area (Å²) in [6.45, 7) is 0.769. The predicted molar refractivity (Wildman–Crippen MR) is 68.7 cm³/mol. The minimum absolute atomic E-state index is 0.271. The summed E-state index contributed by atoms with van der Waals surface area (Å²) in [7, 11) is -3.28. The van der Waals surface area contributed by atoms with Gasteiger partial charge in [-0.25, -0.2) is 17.5 Å². The number of nitrogens with one attached hydrogen (secondary N) is 1. The summed E-state index contributed by atoms with van der Waals surface area (Å²) >= 11 is 0. The molecule has 1 aromatic carbocycles. The number of halogens is 1. The molecule has 1 saturated heterocycles. The van der Waals surface area contributed by atoms with Crippen molar-refractivity contribution < 1.29 is 17.6 Å². The molecule has 0 bridgehead atoms. The Balaban J connectivity index is 2.03. The fourth-order valence-electron chi connectivity index (χ4n) is 2.15. The van der Waals surface area contributed by atoms with Gasteiger partial charge in [0.25, 0.3) is 5.91 Å². The zero-order valence-corrected chi connectivity index (χ0v) is 11.3. The molecule has 104 valence electrons. The highest BCUT2D eigenvalue weighted by atomic mass is 32.2. The Bertz CT molecular complexity index is 588. The summed E-state index contributed by atoms with van der Waals surface area (Å²) in [5, 5.41) is 0. The van der Waals surface area contributed by atoms with Crippen LogP contribution in [0.5, 0.6) is 0 Å². The smallest absolute Gasteiger partial charge is 0.254 e. The number of sulfonamides is 1. The van der Waals surface area contributed by atoms with Crippen molar-refractivity contribution in [1.29, 1.82) is 0 Å². The van der Waals surface area contributed by atoms with Crippen LogP contribution >= 0.6 is 0 Å². The molecule has 2 rings (SSSR count). The van der Waals surface area contributed by atoms with Crippen LogP contribution in [0.1, 0.15) is 16.8 Å². The highest BCUT2D eigenvalue weighted by Crippen LogP contribution is 2.14. The Morgan fingerprint density at radius 3 is 2.84 bits per heavy atom. The van der Waals surface area contributed by atoms with E-state index in [9.17, 15) is 17.6 Å². The SMILES string of the molecule is CS(=O)(=O)NC1CCN(C(=O)c2cccc(F)c2)C1. The molecule has 0 saturated carbocycles. The molecule has 1 unspecified atom stereocenters. The minimum Gasteiger partial charge on any atom is -0.337 e. The molecule has 1 heterocycles. The summed E-state index contributed by atoms with van der Waals surface area (Å²) in [5.41, 5.74) is 0.278. The number of hydrogen-bond donors (Lipinski definition) is 1. The third-order valence-electron chi connectivity index (χ3n) is 2.93. The molecule has 0 aromatic heterocycles. The number of benzene rings is 1. The average molecular weight is 286 g/mol. The number of likely N-dealkylation sites (tertiary alicyclic amines) is 1. The number of nitrogens with zero attached hydrogens (tertiary/aromatic N) is 1. The third kappa shape index (κ3) is 3.74. The fourth-order valence-corrected chi connectivity index (χ4v) is 2.95. The molecule has 1 fully saturated rings. The van der Waals surface area contributed by atoms with Crippen molar-refractivity contribution in [2.24, 2.45) is 0 Å². The van der Waals surface area contributed by atoms with Crippen LogP contribution in [-0.2, 0) is 10.0 Å². The van der Waals surface area contributed by atoms with Crippen LogP contribution < -0.4 is 4.72 Å². The van der Waals surface area contributed by atoms with E-state index in [4.69, 9.17) is 0 Å². The van der Waals surface area contributed by atoms with E-state index >= 15 is 0 Å². The van der Waals surface area contributed by atoms with E-state index in [1.807, 2.05) is 0 Å². The molecule has 1 aromatic rings. The topological polar surface area (TPSA) is 66.5 Å². The molecular weight excluding hydrogens is 271 g/mol. The normalized spacial score (nSPS) is 19.7. The van der Waals surface area contributed by atoms with Crippen LogP contribution in [0.2, 0.25) is 0 Å². The number of amides is 1. The summed E-state index contributed by atoms with van der Waals surface area (Å²) in [4.78, 5) is 13.6. The number of hydrogen-bond acceptors (Lipinski definition) is 3. The van der Waals surface area contributed by atoms with Gasteiger partial charge in [0.1, 0.15) is 5.82 Å². The van der Waals surface area contributed by atoms with Crippen molar-refractivity contribution in [3.63, 3.8) is 0 Å². The van der Waals surface area contributed by atoms with Gasteiger partial charge in [-0.1, -0.05) is 6.07 Å². The van der Waals surface area contributed by atoms with Crippen molar-refractivity contribution in [3.8, 4) is 0 Å². The highest BCUT2D eigenvalue weighted by Gasteiger charge is 2.28. The molecule has 0 spiro atoms. The molecule has 0 radical (unpaired) electrons. The maximum Gasteiger partial charge on any atom is 0.254 e. The van der Waals surface area contributed by atoms with E-state index < -0.39 is 15.8 Å². The molecule has 1 atom stereocenters. The van der Waals surface area contributed by atoms with Crippen molar-refractivity contribution in [2.75, 3.05) is 19.3 Å². The lowest BCUT2D eigenvalue weighted by atomic mass is 10.2. The Morgan fingerprint density at radius 2 is 2.21 bits per heavy atom. The Labute approximate surface area is 111 Å². The maximum atomic E-state index is 13.1. The molecule has 1 aliphatic rings. The summed E-state index contributed by atoms with van der Waals surface area (Å²) < 4.78 is 37.7. The Hall–Kier alpha value is -1.47. The lowest BCUT2D eigenvalue weighted by molar-refractivity contribution is 0.0789. The Morgan fingerprint density at radius 1 is 1.47 bits per heavy atom. The first-order valence-corrected chi connectivity index (χ1v) is 7.76. The predicted octanol–water partition coefficient (Wildman–Crippen LogP) is 0.589. The standard InChI is InChI=1S/C12H15FN2O3S/c1-19(17,18)14-11-5-6-15(8-11)12(16)9-3-2-4-10(13)7-9/h2-4,7,11,14H,5-6,8H2,1H3. The van der Waals surface area contributed by atoms with E-state index in [1.165, 1.54) is 23.1 Å². The van der Waals surface area contributed by atoms with Gasteiger partial charge in [0.15, 0.2) is 0 Å². The van der Waals surface area contributed by atoms with Crippen LogP contribution in [0.15, 0.2) is 24.3 Å². The van der Waals surface area contributed by atoms with Gasteiger partial charge in [-0.3, -0.25) is 4.79 Å². The largest absolute Gasteiger partial charge is 0.337 e. The highest BCUT2D eigenvalue weighted by molar-refractivity contribution is 7.88. The lowest BCUT2D eigenvalue weighted by Crippen LogP contribution is -2.37. The summed E-state index contributed by atoms with van der Waals surface area (Å²) in [6.07, 6.45) is 1.65. The van der Waals surface area contributed by atoms with Gasteiger partial charge in [-0.2, -0.15) is 0 Å². The monoisotopic (exact) mass is 286 g/mol. The third-order valence-corrected chi connectivity index (χ3v) is 3.69. The lowest BCUT2D eigenvalue weighted by Gasteiger charge is -2.16. The van der Waals surface area contributed by atoms with Crippen LogP contribution in [0, 0.1) is 5.82 Å². The Kier molecular flexibility index (Phi) is 3.86. The van der Waals surface area contributed by atoms with Gasteiger partial charge < -0.3 is 4.90 Å². The second kappa shape index (κ2) is 5.26. The summed E-state index contributed by atoms with van der Waals surface area (Å²) in [5.74, 6) is -0.742. The van der Waals surface area contributed by atoms with Crippen LogP contribution in [-0.4, -0.2) is 44.6 Å². The molecular formula is C12H15FN2O3S. The first-order valence-electron chi connectivity index (χ1n) is 5.87. The molecule has 1 aliphatic heterocycles. The van der Waals surface area contributed by atoms with Crippen molar-refractivity contribution >= 4 is 15.9 Å². The molecule has 0 aliphatic carbocycles. The molecule has 1 N–H and O–H groups in total. The van der Waals surface area contributed by atoms with Crippen molar-refractivity contribution in [3.05, 3.63) is 35.6 Å². The van der Waals surface area contributed by atoms with Crippen LogP contribution in [0.4, 0.5) is 4.39 Å². The second-order valence-corrected chi connectivity index (χ2v) is 6.42. The van der Waals surface area contributed by atoms with E-state index in [-0.39, 0.29) is 17.5 Å². The van der Waals surface area contributed by atoms with E-state index in [0.29, 0.717) is 19.5 Å². The van der Waals surface area contributed by atoms with Gasteiger partial charge in [0.2, 0.25) is 10.0 Å². The van der Waals surface area contributed by atoms with E-state index in [2.05, 4.69) is 4.72 Å². The number of carbonyl (C=O) groups is 1. The average Bonchev–Trinajstić information content (AvgIpc) is 2.74. The van der Waals surface area contributed by atoms with Crippen LogP contribution in [0.25, 0.3) is 0 Å². The molecule has 7 heteroatoms. The zero-order chi connectivity index (χ0) is 14.0. The van der Waals surface area contributed by atoms with Crippen molar-refractivity contribution in [1.82, 2.24) is 9.62 Å². The first-order chi connectivity index (χ1) is 8.85. The van der Waals surface area contributed by atoms with Gasteiger partial charge in [0.05, 0.1) is 6.26 Å². The molecule has 1 amide bonds. The molecule has 5 nitrogen and oxygen atoms in total. The summed E-state index contributed by atoms with van der Waals surface area (Å²) in [6, 6.07) is 5.20. The maximum absolute atomic E-state index is 13.1. The van der Waals surface area contributed by atoms with E-state index in [1.54, 1.807) is 6.07 Å². The van der Waals surface area contributed by atoms with Gasteiger partial charge in [-0.05, 0) is 24.6 Å². The van der Waals surface area contributed by atoms with E-state index in [0.717, 1.165) is 6.26 Å². The zero-order valence-electron chi connectivity index (χ0n) is 10.5. The number of carbonyl (C=O) groups excluding carboxylic acids is 1. The number of rotatable bonds is 3. The first kappa shape index (κ1) is 14.0. The second-order valence-electron chi connectivity index (χ2n) is 4.64. The van der Waals surface area contributed by atoms with Gasteiger partial charge in [-0.15, -0.1) is 0 Å². The van der Waals surface area contributed by atoms with Gasteiger partial charge >= 0.3 is 0 Å². The quantitative estimate of drug-likeness (QED) is 0.884.